The van der Waals surface area contributed by atoms with Crippen LogP contribution >= 0.6 is 11.3 Å². The Morgan fingerprint density at radius 3 is 2.56 bits per heavy atom. The Morgan fingerprint density at radius 1 is 1.09 bits per heavy atom. The second kappa shape index (κ2) is 12.4. The van der Waals surface area contributed by atoms with Crippen LogP contribution in [0.2, 0.25) is 0 Å². The van der Waals surface area contributed by atoms with Gasteiger partial charge in [0.05, 0.1) is 47.7 Å². The number of benzene rings is 1. The van der Waals surface area contributed by atoms with E-state index in [9.17, 15) is 9.59 Å². The molecule has 0 N–H and O–H groups in total. The molecule has 45 heavy (non-hydrogen) atoms. The summed E-state index contributed by atoms with van der Waals surface area (Å²) in [4.78, 5) is 49.0. The highest BCUT2D eigenvalue weighted by atomic mass is 32.1. The van der Waals surface area contributed by atoms with Gasteiger partial charge in [0.2, 0.25) is 5.95 Å². The van der Waals surface area contributed by atoms with Crippen LogP contribution < -0.4 is 9.80 Å². The van der Waals surface area contributed by atoms with Crippen LogP contribution in [0.5, 0.6) is 0 Å². The van der Waals surface area contributed by atoms with E-state index in [2.05, 4.69) is 20.9 Å². The average Bonchev–Trinajstić information content (AvgIpc) is 3.64. The zero-order valence-corrected chi connectivity index (χ0v) is 26.8. The number of carbonyl (C=O) groups is 2. The van der Waals surface area contributed by atoms with Crippen LogP contribution in [0.25, 0.3) is 32.5 Å². The van der Waals surface area contributed by atoms with Crippen molar-refractivity contribution in [3.63, 3.8) is 0 Å². The van der Waals surface area contributed by atoms with Crippen molar-refractivity contribution < 1.29 is 23.8 Å². The largest absolute Gasteiger partial charge is 0.462 e. The van der Waals surface area contributed by atoms with Gasteiger partial charge in [-0.3, -0.25) is 4.57 Å². The number of nitrogens with zero attached hydrogens (tertiary/aromatic N) is 7. The summed E-state index contributed by atoms with van der Waals surface area (Å²) in [7, 11) is 1.90. The molecule has 12 nitrogen and oxygen atoms in total. The maximum absolute atomic E-state index is 12.9. The molecule has 6 rings (SSSR count). The van der Waals surface area contributed by atoms with Crippen LogP contribution in [0.1, 0.15) is 42.9 Å². The van der Waals surface area contributed by atoms with Gasteiger partial charge >= 0.3 is 12.1 Å². The summed E-state index contributed by atoms with van der Waals surface area (Å²) in [5.74, 6) is 1.48. The van der Waals surface area contributed by atoms with E-state index >= 15 is 0 Å². The zero-order valence-electron chi connectivity index (χ0n) is 25.9. The van der Waals surface area contributed by atoms with Crippen LogP contribution in [-0.2, 0) is 20.8 Å². The second-order valence-electron chi connectivity index (χ2n) is 11.7. The van der Waals surface area contributed by atoms with Gasteiger partial charge < -0.3 is 24.0 Å². The molecule has 5 heterocycles. The summed E-state index contributed by atoms with van der Waals surface area (Å²) in [6.45, 7) is 10.8. The number of morpholine rings is 1. The number of ether oxygens (including phenoxy) is 3. The van der Waals surface area contributed by atoms with Crippen molar-refractivity contribution in [2.45, 2.75) is 39.8 Å². The standard InChI is InChI=1S/C32H35N7O5S/c1-6-43-29(40)20-17-33-30(34-18-20)37(5)19-21-16-24-26(45-21)28(38-12-14-42-15-13-38)36-27(35-24)23-8-7-9-25-22(23)10-11-39(25)31(41)44-32(2,3)4/h7-11,16-18H,6,12-15,19H2,1-5H3. The van der Waals surface area contributed by atoms with E-state index in [0.29, 0.717) is 37.1 Å². The Morgan fingerprint density at radius 2 is 1.84 bits per heavy atom. The molecule has 5 aromatic rings. The number of hydrogen-bond acceptors (Lipinski definition) is 12. The number of aromatic nitrogens is 5. The maximum atomic E-state index is 12.9. The van der Waals surface area contributed by atoms with Crippen molar-refractivity contribution in [2.75, 3.05) is 49.8 Å². The van der Waals surface area contributed by atoms with E-state index in [-0.39, 0.29) is 6.61 Å². The van der Waals surface area contributed by atoms with Gasteiger partial charge in [-0.2, -0.15) is 0 Å². The first kappa shape index (κ1) is 30.4. The SMILES string of the molecule is CCOC(=O)c1cnc(N(C)Cc2cc3nc(-c4cccc5c4ccn5C(=O)OC(C)(C)C)nc(N4CCOCC4)c3s2)nc1. The lowest BCUT2D eigenvalue weighted by Gasteiger charge is -2.28. The third-order valence-corrected chi connectivity index (χ3v) is 8.27. The number of thiophene rings is 1. The van der Waals surface area contributed by atoms with E-state index in [0.717, 1.165) is 50.5 Å². The fourth-order valence-electron chi connectivity index (χ4n) is 5.13. The molecule has 0 aliphatic carbocycles. The molecule has 0 radical (unpaired) electrons. The van der Waals surface area contributed by atoms with Crippen molar-refractivity contribution in [2.24, 2.45) is 0 Å². The van der Waals surface area contributed by atoms with Crippen LogP contribution in [0.3, 0.4) is 0 Å². The number of carbonyl (C=O) groups excluding carboxylic acids is 2. The molecule has 1 fully saturated rings. The lowest BCUT2D eigenvalue weighted by molar-refractivity contribution is 0.0520. The molecule has 1 aliphatic heterocycles. The Bertz CT molecular complexity index is 1860. The van der Waals surface area contributed by atoms with E-state index < -0.39 is 17.7 Å². The van der Waals surface area contributed by atoms with Gasteiger partial charge in [-0.15, -0.1) is 11.3 Å². The van der Waals surface area contributed by atoms with E-state index in [4.69, 9.17) is 24.2 Å². The summed E-state index contributed by atoms with van der Waals surface area (Å²) >= 11 is 1.63. The summed E-state index contributed by atoms with van der Waals surface area (Å²) < 4.78 is 18.8. The summed E-state index contributed by atoms with van der Waals surface area (Å²) in [5, 5.41) is 0.856. The van der Waals surface area contributed by atoms with E-state index in [1.165, 1.54) is 17.0 Å². The summed E-state index contributed by atoms with van der Waals surface area (Å²) in [6, 6.07) is 9.75. The normalized spacial score (nSPS) is 13.8. The fourth-order valence-corrected chi connectivity index (χ4v) is 6.29. The zero-order chi connectivity index (χ0) is 31.7. The second-order valence-corrected chi connectivity index (χ2v) is 12.8. The molecule has 4 aromatic heterocycles. The highest BCUT2D eigenvalue weighted by Gasteiger charge is 2.23. The van der Waals surface area contributed by atoms with Gasteiger partial charge in [0, 0.05) is 54.6 Å². The summed E-state index contributed by atoms with van der Waals surface area (Å²) in [5.41, 5.74) is 2.07. The Hall–Kier alpha value is -4.62. The van der Waals surface area contributed by atoms with Gasteiger partial charge in [0.1, 0.15) is 5.60 Å². The minimum Gasteiger partial charge on any atom is -0.462 e. The van der Waals surface area contributed by atoms with Crippen molar-refractivity contribution in [3.8, 4) is 11.4 Å². The first-order valence-corrected chi connectivity index (χ1v) is 15.6. The van der Waals surface area contributed by atoms with Gasteiger partial charge in [-0.25, -0.2) is 29.5 Å². The number of anilines is 2. The monoisotopic (exact) mass is 629 g/mol. The minimum absolute atomic E-state index is 0.289. The van der Waals surface area contributed by atoms with Gasteiger partial charge in [-0.05, 0) is 45.9 Å². The number of fused-ring (bicyclic) bond motifs is 2. The first-order valence-electron chi connectivity index (χ1n) is 14.8. The Balaban J connectivity index is 1.36. The van der Waals surface area contributed by atoms with Crippen LogP contribution in [0, 0.1) is 0 Å². The smallest absolute Gasteiger partial charge is 0.418 e. The van der Waals surface area contributed by atoms with Crippen molar-refractivity contribution >= 4 is 56.3 Å². The van der Waals surface area contributed by atoms with Crippen LogP contribution in [-0.4, -0.2) is 82.1 Å². The highest BCUT2D eigenvalue weighted by molar-refractivity contribution is 7.19. The minimum atomic E-state index is -0.616. The molecular formula is C32H35N7O5S. The Kier molecular flexibility index (Phi) is 8.38. The van der Waals surface area contributed by atoms with Gasteiger partial charge in [-0.1, -0.05) is 12.1 Å². The predicted molar refractivity (Wildman–Crippen MR) is 173 cm³/mol. The van der Waals surface area contributed by atoms with E-state index in [1.807, 2.05) is 57.0 Å². The lowest BCUT2D eigenvalue weighted by atomic mass is 10.1. The van der Waals surface area contributed by atoms with Gasteiger partial charge in [0.15, 0.2) is 11.6 Å². The molecule has 0 unspecified atom stereocenters. The average molecular weight is 630 g/mol. The molecule has 0 bridgehead atoms. The molecule has 13 heteroatoms. The van der Waals surface area contributed by atoms with E-state index in [1.54, 1.807) is 24.5 Å². The fraction of sp³-hybridized carbons (Fsp3) is 0.375. The predicted octanol–water partition coefficient (Wildman–Crippen LogP) is 5.54. The number of rotatable bonds is 7. The maximum Gasteiger partial charge on any atom is 0.418 e. The van der Waals surface area contributed by atoms with Crippen molar-refractivity contribution in [1.29, 1.82) is 0 Å². The third kappa shape index (κ3) is 6.45. The molecule has 1 aliphatic rings. The Labute approximate surface area is 264 Å². The molecule has 0 amide bonds. The van der Waals surface area contributed by atoms with Crippen LogP contribution in [0.4, 0.5) is 16.6 Å². The number of hydrogen-bond donors (Lipinski definition) is 0. The molecule has 1 aromatic carbocycles. The molecule has 0 atom stereocenters. The van der Waals surface area contributed by atoms with Crippen molar-refractivity contribution in [1.82, 2.24) is 24.5 Å². The van der Waals surface area contributed by atoms with Crippen molar-refractivity contribution in [3.05, 3.63) is 59.4 Å². The highest BCUT2D eigenvalue weighted by Crippen LogP contribution is 2.37. The molecular weight excluding hydrogens is 594 g/mol. The first-order chi connectivity index (χ1) is 21.6. The van der Waals surface area contributed by atoms with Crippen LogP contribution in [0.15, 0.2) is 48.9 Å². The third-order valence-electron chi connectivity index (χ3n) is 7.16. The van der Waals surface area contributed by atoms with Gasteiger partial charge in [0.25, 0.3) is 0 Å². The topological polar surface area (TPSA) is 125 Å². The molecule has 0 spiro atoms. The quantitative estimate of drug-likeness (QED) is 0.211. The molecule has 234 valence electrons. The molecule has 1 saturated heterocycles. The summed E-state index contributed by atoms with van der Waals surface area (Å²) in [6.07, 6.45) is 4.24. The lowest BCUT2D eigenvalue weighted by Crippen LogP contribution is -2.36. The number of esters is 1. The molecule has 0 saturated carbocycles.